The molecule has 302 valence electrons. The van der Waals surface area contributed by atoms with Gasteiger partial charge in [0.15, 0.2) is 0 Å². The predicted octanol–water partition coefficient (Wildman–Crippen LogP) is 17.1. The van der Waals surface area contributed by atoms with Gasteiger partial charge in [-0.2, -0.15) is 0 Å². The molecule has 11 rings (SSSR count). The van der Waals surface area contributed by atoms with Gasteiger partial charge in [0.2, 0.25) is 0 Å². The van der Waals surface area contributed by atoms with Gasteiger partial charge in [-0.3, -0.25) is 0 Å². The number of rotatable bonds is 10. The molecule has 0 saturated carbocycles. The second kappa shape index (κ2) is 17.1. The van der Waals surface area contributed by atoms with E-state index in [4.69, 9.17) is 0 Å². The molecule has 10 aromatic carbocycles. The van der Waals surface area contributed by atoms with Crippen molar-refractivity contribution in [1.82, 2.24) is 4.57 Å². The molecule has 0 fully saturated rings. The standard InChI is InChI=1S/C62H44N2/c1-5-13-45(14-6-1)21-22-46-23-35-56(36-24-46)63(55-19-11-4-12-20-55)57-37-39-58(40-38-57)64-61-41-33-53(51-29-25-49(26-30-51)47-15-7-2-8-16-47)43-59(61)60-44-54(34-42-62(60)64)52-31-27-50(28-32-52)48-17-9-3-10-18-48/h1-44H. The van der Waals surface area contributed by atoms with Crippen LogP contribution in [0.3, 0.4) is 0 Å². The zero-order valence-electron chi connectivity index (χ0n) is 35.3. The Morgan fingerprint density at radius 3 is 1.05 bits per heavy atom. The van der Waals surface area contributed by atoms with Gasteiger partial charge in [-0.15, -0.1) is 0 Å². The van der Waals surface area contributed by atoms with E-state index in [9.17, 15) is 0 Å². The second-order valence-corrected chi connectivity index (χ2v) is 16.2. The van der Waals surface area contributed by atoms with Crippen LogP contribution in [0.15, 0.2) is 255 Å². The summed E-state index contributed by atoms with van der Waals surface area (Å²) < 4.78 is 2.42. The SMILES string of the molecule is C(=Cc1ccc(N(c2ccccc2)c2ccc(-n3c4ccc(-c5ccc(-c6ccccc6)cc5)cc4c4cc(-c5ccc(-c6ccccc6)cc5)ccc43)cc2)cc1)c1ccccc1. The number of aromatic nitrogens is 1. The van der Waals surface area contributed by atoms with Crippen molar-refractivity contribution in [3.63, 3.8) is 0 Å². The van der Waals surface area contributed by atoms with E-state index in [0.717, 1.165) is 28.3 Å². The van der Waals surface area contributed by atoms with E-state index >= 15 is 0 Å². The Kier molecular flexibility index (Phi) is 10.3. The van der Waals surface area contributed by atoms with E-state index in [1.54, 1.807) is 0 Å². The average molecular weight is 817 g/mol. The molecule has 2 nitrogen and oxygen atoms in total. The summed E-state index contributed by atoms with van der Waals surface area (Å²) in [6.07, 6.45) is 4.33. The average Bonchev–Trinajstić information content (AvgIpc) is 3.70. The molecule has 0 aliphatic rings. The summed E-state index contributed by atoms with van der Waals surface area (Å²) in [6.45, 7) is 0. The van der Waals surface area contributed by atoms with Gasteiger partial charge in [0.1, 0.15) is 0 Å². The maximum Gasteiger partial charge on any atom is 0.0541 e. The zero-order valence-corrected chi connectivity index (χ0v) is 35.3. The lowest BCUT2D eigenvalue weighted by atomic mass is 9.97. The van der Waals surface area contributed by atoms with Gasteiger partial charge in [0.05, 0.1) is 11.0 Å². The molecule has 0 bridgehead atoms. The first kappa shape index (κ1) is 38.5. The van der Waals surface area contributed by atoms with Crippen LogP contribution in [0, 0.1) is 0 Å². The third-order valence-electron chi connectivity index (χ3n) is 12.2. The van der Waals surface area contributed by atoms with Crippen LogP contribution in [0.5, 0.6) is 0 Å². The van der Waals surface area contributed by atoms with Crippen LogP contribution in [0.25, 0.3) is 84.2 Å². The summed E-state index contributed by atoms with van der Waals surface area (Å²) in [5.41, 5.74) is 18.7. The number of nitrogens with zero attached hydrogens (tertiary/aromatic N) is 2. The van der Waals surface area contributed by atoms with Crippen molar-refractivity contribution in [1.29, 1.82) is 0 Å². The number of para-hydroxylation sites is 1. The fourth-order valence-corrected chi connectivity index (χ4v) is 8.90. The Hall–Kier alpha value is -8.46. The van der Waals surface area contributed by atoms with Gasteiger partial charge in [-0.1, -0.05) is 194 Å². The molecule has 1 heterocycles. The van der Waals surface area contributed by atoms with Gasteiger partial charge >= 0.3 is 0 Å². The summed E-state index contributed by atoms with van der Waals surface area (Å²) >= 11 is 0. The topological polar surface area (TPSA) is 8.17 Å². The Labute approximate surface area is 374 Å². The normalized spacial score (nSPS) is 11.4. The quantitative estimate of drug-likeness (QED) is 0.125. The van der Waals surface area contributed by atoms with E-state index in [1.807, 2.05) is 6.07 Å². The third kappa shape index (κ3) is 7.70. The minimum atomic E-state index is 1.09. The second-order valence-electron chi connectivity index (χ2n) is 16.2. The molecular weight excluding hydrogens is 773 g/mol. The molecule has 11 aromatic rings. The summed E-state index contributed by atoms with van der Waals surface area (Å²) in [6, 6.07) is 91.8. The molecule has 0 N–H and O–H groups in total. The molecule has 0 spiro atoms. The molecule has 0 radical (unpaired) electrons. The summed E-state index contributed by atoms with van der Waals surface area (Å²) in [4.78, 5) is 2.32. The minimum absolute atomic E-state index is 1.09. The maximum absolute atomic E-state index is 2.42. The molecular formula is C62H44N2. The first-order valence-electron chi connectivity index (χ1n) is 21.9. The third-order valence-corrected chi connectivity index (χ3v) is 12.2. The molecule has 0 unspecified atom stereocenters. The van der Waals surface area contributed by atoms with Gasteiger partial charge in [-0.25, -0.2) is 0 Å². The van der Waals surface area contributed by atoms with Gasteiger partial charge in [0.25, 0.3) is 0 Å². The van der Waals surface area contributed by atoms with Gasteiger partial charge in [-0.05, 0) is 128 Å². The zero-order chi connectivity index (χ0) is 42.7. The van der Waals surface area contributed by atoms with Crippen molar-refractivity contribution < 1.29 is 0 Å². The monoisotopic (exact) mass is 816 g/mol. The smallest absolute Gasteiger partial charge is 0.0541 e. The Morgan fingerprint density at radius 2 is 0.594 bits per heavy atom. The van der Waals surface area contributed by atoms with Crippen LogP contribution in [0.1, 0.15) is 11.1 Å². The number of benzene rings is 10. The molecule has 0 atom stereocenters. The van der Waals surface area contributed by atoms with Crippen molar-refractivity contribution >= 4 is 51.0 Å². The fourth-order valence-electron chi connectivity index (χ4n) is 8.90. The Bertz CT molecular complexity index is 3210. The number of anilines is 3. The van der Waals surface area contributed by atoms with E-state index in [-0.39, 0.29) is 0 Å². The van der Waals surface area contributed by atoms with E-state index in [2.05, 4.69) is 270 Å². The van der Waals surface area contributed by atoms with Gasteiger partial charge in [0, 0.05) is 33.5 Å². The number of hydrogen-bond acceptors (Lipinski definition) is 1. The lowest BCUT2D eigenvalue weighted by molar-refractivity contribution is 1.17. The van der Waals surface area contributed by atoms with Crippen LogP contribution in [0.4, 0.5) is 17.1 Å². The molecule has 0 aliphatic heterocycles. The molecule has 0 amide bonds. The van der Waals surface area contributed by atoms with Gasteiger partial charge < -0.3 is 9.47 Å². The molecule has 1 aromatic heterocycles. The highest BCUT2D eigenvalue weighted by atomic mass is 15.1. The highest BCUT2D eigenvalue weighted by Crippen LogP contribution is 2.40. The Morgan fingerprint density at radius 1 is 0.266 bits per heavy atom. The lowest BCUT2D eigenvalue weighted by Gasteiger charge is -2.26. The van der Waals surface area contributed by atoms with Crippen LogP contribution < -0.4 is 4.90 Å². The van der Waals surface area contributed by atoms with Crippen LogP contribution >= 0.6 is 0 Å². The molecule has 2 heteroatoms. The fraction of sp³-hybridized carbons (Fsp3) is 0. The van der Waals surface area contributed by atoms with Crippen LogP contribution in [0.2, 0.25) is 0 Å². The van der Waals surface area contributed by atoms with E-state index in [0.29, 0.717) is 0 Å². The van der Waals surface area contributed by atoms with Crippen LogP contribution in [-0.4, -0.2) is 4.57 Å². The summed E-state index contributed by atoms with van der Waals surface area (Å²) in [5.74, 6) is 0. The van der Waals surface area contributed by atoms with Crippen molar-refractivity contribution in [3.05, 3.63) is 266 Å². The van der Waals surface area contributed by atoms with Crippen molar-refractivity contribution in [3.8, 4) is 50.2 Å². The lowest BCUT2D eigenvalue weighted by Crippen LogP contribution is -2.10. The maximum atomic E-state index is 2.42. The van der Waals surface area contributed by atoms with Crippen molar-refractivity contribution in [2.75, 3.05) is 4.90 Å². The van der Waals surface area contributed by atoms with Crippen LogP contribution in [-0.2, 0) is 0 Å². The predicted molar refractivity (Wildman–Crippen MR) is 273 cm³/mol. The minimum Gasteiger partial charge on any atom is -0.311 e. The number of hydrogen-bond donors (Lipinski definition) is 0. The largest absolute Gasteiger partial charge is 0.311 e. The first-order chi connectivity index (χ1) is 31.7. The molecule has 64 heavy (non-hydrogen) atoms. The van der Waals surface area contributed by atoms with E-state index < -0.39 is 0 Å². The van der Waals surface area contributed by atoms with E-state index in [1.165, 1.54) is 71.9 Å². The summed E-state index contributed by atoms with van der Waals surface area (Å²) in [7, 11) is 0. The first-order valence-corrected chi connectivity index (χ1v) is 21.9. The van der Waals surface area contributed by atoms with Crippen molar-refractivity contribution in [2.24, 2.45) is 0 Å². The highest BCUT2D eigenvalue weighted by molar-refractivity contribution is 6.11. The molecule has 0 saturated heterocycles. The molecule has 0 aliphatic carbocycles. The van der Waals surface area contributed by atoms with Crippen molar-refractivity contribution in [2.45, 2.75) is 0 Å². The summed E-state index contributed by atoms with van der Waals surface area (Å²) in [5, 5.41) is 2.44. The number of fused-ring (bicyclic) bond motifs is 3. The Balaban J connectivity index is 0.983. The highest BCUT2D eigenvalue weighted by Gasteiger charge is 2.17.